The minimum atomic E-state index is 0.620. The molecule has 0 saturated heterocycles. The fourth-order valence-electron chi connectivity index (χ4n) is 5.90. The summed E-state index contributed by atoms with van der Waals surface area (Å²) in [5.41, 5.74) is 10.9. The molecule has 0 radical (unpaired) electrons. The molecular weight excluding hydrogens is 620 g/mol. The van der Waals surface area contributed by atoms with Gasteiger partial charge in [-0.05, 0) is 58.7 Å². The molecule has 0 N–H and O–H groups in total. The lowest BCUT2D eigenvalue weighted by atomic mass is 9.97. The van der Waals surface area contributed by atoms with E-state index in [1.807, 2.05) is 103 Å². The molecule has 49 heavy (non-hydrogen) atoms. The second-order valence-electron chi connectivity index (χ2n) is 11.7. The molecule has 6 aromatic carbocycles. The minimum absolute atomic E-state index is 0.620. The topological polar surface area (TPSA) is 51.6 Å². The number of rotatable bonds is 7. The molecule has 2 heterocycles. The van der Waals surface area contributed by atoms with Crippen molar-refractivity contribution in [2.24, 2.45) is 0 Å². The van der Waals surface area contributed by atoms with Gasteiger partial charge in [-0.2, -0.15) is 0 Å². The van der Waals surface area contributed by atoms with Crippen molar-refractivity contribution in [2.45, 2.75) is 0 Å². The molecule has 8 rings (SSSR count). The lowest BCUT2D eigenvalue weighted by Gasteiger charge is -2.12. The Morgan fingerprint density at radius 3 is 1.20 bits per heavy atom. The fourth-order valence-corrected chi connectivity index (χ4v) is 6.09. The van der Waals surface area contributed by atoms with Gasteiger partial charge in [0, 0.05) is 32.8 Å². The predicted octanol–water partition coefficient (Wildman–Crippen LogP) is 11.6. The Bertz CT molecular complexity index is 2340. The number of nitrogens with zero attached hydrogens (tertiary/aromatic N) is 4. The molecule has 0 amide bonds. The zero-order chi connectivity index (χ0) is 33.0. The predicted molar refractivity (Wildman–Crippen MR) is 201 cm³/mol. The van der Waals surface area contributed by atoms with Gasteiger partial charge in [0.25, 0.3) is 0 Å². The molecule has 8 aromatic rings. The van der Waals surface area contributed by atoms with Crippen LogP contribution in [0.25, 0.3) is 78.9 Å². The molecule has 0 aliphatic carbocycles. The fraction of sp³-hybridized carbons (Fsp3) is 0. The van der Waals surface area contributed by atoms with Crippen molar-refractivity contribution in [3.05, 3.63) is 181 Å². The van der Waals surface area contributed by atoms with Gasteiger partial charge in [0.05, 0.1) is 11.4 Å². The zero-order valence-corrected chi connectivity index (χ0v) is 27.2. The molecule has 0 unspecified atom stereocenters. The Kier molecular flexibility index (Phi) is 8.29. The van der Waals surface area contributed by atoms with Gasteiger partial charge < -0.3 is 0 Å². The van der Waals surface area contributed by atoms with Gasteiger partial charge in [-0.15, -0.1) is 0 Å². The molecule has 0 fully saturated rings. The van der Waals surface area contributed by atoms with Crippen LogP contribution < -0.4 is 0 Å². The first-order valence-electron chi connectivity index (χ1n) is 16.1. The van der Waals surface area contributed by atoms with E-state index in [0.717, 1.165) is 61.5 Å². The Labute approximate surface area is 290 Å². The highest BCUT2D eigenvalue weighted by Gasteiger charge is 2.14. The van der Waals surface area contributed by atoms with Crippen LogP contribution in [-0.4, -0.2) is 19.9 Å². The Morgan fingerprint density at radius 1 is 0.265 bits per heavy atom. The molecule has 4 nitrogen and oxygen atoms in total. The van der Waals surface area contributed by atoms with E-state index < -0.39 is 0 Å². The van der Waals surface area contributed by atoms with E-state index in [1.165, 1.54) is 0 Å². The number of hydrogen-bond acceptors (Lipinski definition) is 4. The third-order valence-corrected chi connectivity index (χ3v) is 8.60. The molecule has 2 aromatic heterocycles. The number of aromatic nitrogens is 4. The first-order valence-corrected chi connectivity index (χ1v) is 16.5. The average molecular weight is 649 g/mol. The molecule has 0 aliphatic rings. The van der Waals surface area contributed by atoms with Gasteiger partial charge in [0.1, 0.15) is 0 Å². The summed E-state index contributed by atoms with van der Waals surface area (Å²) in [5, 5.41) is 0.698. The van der Waals surface area contributed by atoms with Crippen LogP contribution >= 0.6 is 11.6 Å². The SMILES string of the molecule is Clc1cccc(-c2cc(-c3ccccc3)nc(-c3cccc(-c4cccc(-c5nc(-c6ccccc6)nc(-c6ccccc6)n5)c4)c3)c2)c1. The number of pyridine rings is 1. The Morgan fingerprint density at radius 2 is 0.653 bits per heavy atom. The molecule has 0 spiro atoms. The van der Waals surface area contributed by atoms with Crippen molar-refractivity contribution in [2.75, 3.05) is 0 Å². The van der Waals surface area contributed by atoms with Crippen molar-refractivity contribution in [3.8, 4) is 78.9 Å². The Hall–Kier alpha value is -6.23. The monoisotopic (exact) mass is 648 g/mol. The van der Waals surface area contributed by atoms with E-state index in [-0.39, 0.29) is 0 Å². The van der Waals surface area contributed by atoms with E-state index in [2.05, 4.69) is 72.8 Å². The van der Waals surface area contributed by atoms with Crippen LogP contribution in [0.3, 0.4) is 0 Å². The van der Waals surface area contributed by atoms with Gasteiger partial charge in [0.15, 0.2) is 17.5 Å². The average Bonchev–Trinajstić information content (AvgIpc) is 3.19. The summed E-state index contributed by atoms with van der Waals surface area (Å²) in [4.78, 5) is 19.9. The van der Waals surface area contributed by atoms with Gasteiger partial charge in [-0.3, -0.25) is 0 Å². The largest absolute Gasteiger partial charge is 0.248 e. The van der Waals surface area contributed by atoms with E-state index in [1.54, 1.807) is 0 Å². The quantitative estimate of drug-likeness (QED) is 0.172. The Balaban J connectivity index is 1.21. The van der Waals surface area contributed by atoms with Crippen molar-refractivity contribution in [1.29, 1.82) is 0 Å². The van der Waals surface area contributed by atoms with E-state index in [9.17, 15) is 0 Å². The molecule has 0 saturated carbocycles. The van der Waals surface area contributed by atoms with Gasteiger partial charge in [0.2, 0.25) is 0 Å². The zero-order valence-electron chi connectivity index (χ0n) is 26.4. The highest BCUT2D eigenvalue weighted by Crippen LogP contribution is 2.34. The van der Waals surface area contributed by atoms with Gasteiger partial charge >= 0.3 is 0 Å². The standard InChI is InChI=1S/C44H29ClN4/c45-39-24-12-21-35(27-39)38-28-40(30-13-4-1-5-14-30)46-41(29-38)36-22-10-19-33(25-36)34-20-11-23-37(26-34)44-48-42(31-15-6-2-7-16-31)47-43(49-44)32-17-8-3-9-18-32/h1-29H. The lowest BCUT2D eigenvalue weighted by Crippen LogP contribution is -2.00. The van der Waals surface area contributed by atoms with Crippen molar-refractivity contribution in [3.63, 3.8) is 0 Å². The van der Waals surface area contributed by atoms with Gasteiger partial charge in [-0.1, -0.05) is 151 Å². The lowest BCUT2D eigenvalue weighted by molar-refractivity contribution is 1.07. The maximum Gasteiger partial charge on any atom is 0.164 e. The smallest absolute Gasteiger partial charge is 0.164 e. The van der Waals surface area contributed by atoms with Crippen molar-refractivity contribution >= 4 is 11.6 Å². The van der Waals surface area contributed by atoms with Crippen LogP contribution in [0.4, 0.5) is 0 Å². The van der Waals surface area contributed by atoms with Crippen LogP contribution in [0.1, 0.15) is 0 Å². The normalized spacial score (nSPS) is 11.0. The molecular formula is C44H29ClN4. The molecule has 0 bridgehead atoms. The first kappa shape index (κ1) is 30.1. The van der Waals surface area contributed by atoms with Crippen molar-refractivity contribution in [1.82, 2.24) is 19.9 Å². The minimum Gasteiger partial charge on any atom is -0.248 e. The summed E-state index contributed by atoms with van der Waals surface area (Å²) in [6.07, 6.45) is 0. The maximum absolute atomic E-state index is 6.41. The van der Waals surface area contributed by atoms with Crippen LogP contribution in [0.5, 0.6) is 0 Å². The number of benzene rings is 6. The van der Waals surface area contributed by atoms with E-state index in [4.69, 9.17) is 31.5 Å². The van der Waals surface area contributed by atoms with E-state index in [0.29, 0.717) is 22.5 Å². The number of halogens is 1. The number of hydrogen-bond donors (Lipinski definition) is 0. The van der Waals surface area contributed by atoms with Gasteiger partial charge in [-0.25, -0.2) is 19.9 Å². The molecule has 0 aliphatic heterocycles. The summed E-state index contributed by atoms with van der Waals surface area (Å²) in [5.74, 6) is 1.89. The summed E-state index contributed by atoms with van der Waals surface area (Å²) < 4.78 is 0. The summed E-state index contributed by atoms with van der Waals surface area (Å²) in [6, 6.07) is 59.4. The third kappa shape index (κ3) is 6.64. The molecule has 0 atom stereocenters. The van der Waals surface area contributed by atoms with Crippen LogP contribution in [0.15, 0.2) is 176 Å². The van der Waals surface area contributed by atoms with E-state index >= 15 is 0 Å². The maximum atomic E-state index is 6.41. The van der Waals surface area contributed by atoms with Crippen LogP contribution in [0, 0.1) is 0 Å². The highest BCUT2D eigenvalue weighted by molar-refractivity contribution is 6.30. The highest BCUT2D eigenvalue weighted by atomic mass is 35.5. The van der Waals surface area contributed by atoms with Crippen LogP contribution in [-0.2, 0) is 0 Å². The second-order valence-corrected chi connectivity index (χ2v) is 12.1. The molecule has 232 valence electrons. The van der Waals surface area contributed by atoms with Crippen molar-refractivity contribution < 1.29 is 0 Å². The second kappa shape index (κ2) is 13.5. The third-order valence-electron chi connectivity index (χ3n) is 8.36. The summed E-state index contributed by atoms with van der Waals surface area (Å²) in [6.45, 7) is 0. The summed E-state index contributed by atoms with van der Waals surface area (Å²) >= 11 is 6.41. The summed E-state index contributed by atoms with van der Waals surface area (Å²) in [7, 11) is 0. The first-order chi connectivity index (χ1) is 24.2. The molecule has 5 heteroatoms. The van der Waals surface area contributed by atoms with Crippen LogP contribution in [0.2, 0.25) is 5.02 Å².